The number of thiazole rings is 1. The van der Waals surface area contributed by atoms with Crippen LogP contribution in [0.5, 0.6) is 5.75 Å². The summed E-state index contributed by atoms with van der Waals surface area (Å²) in [5.41, 5.74) is 2.64. The standard InChI is InChI=1S/C24H26F2N4O2S2/c1-33-21-8-2-18(3-9-21)16-28-30-22(19-4-6-20(7-5-19)32-23(25)26)17-34-24(30)27-10-11-29-12-14-31-15-13-29/h2-9,16-17,23H,10-15H2,1H3/b27-24?,28-16-. The zero-order chi connectivity index (χ0) is 23.8. The summed E-state index contributed by atoms with van der Waals surface area (Å²) in [6, 6.07) is 14.7. The van der Waals surface area contributed by atoms with Gasteiger partial charge in [-0.05, 0) is 48.2 Å². The number of morpholine rings is 1. The third-order valence-electron chi connectivity index (χ3n) is 5.27. The summed E-state index contributed by atoms with van der Waals surface area (Å²) in [5, 5.41) is 6.70. The number of halogens is 2. The lowest BCUT2D eigenvalue weighted by molar-refractivity contribution is -0.0498. The first-order chi connectivity index (χ1) is 16.6. The van der Waals surface area contributed by atoms with E-state index < -0.39 is 6.61 Å². The van der Waals surface area contributed by atoms with E-state index in [9.17, 15) is 8.78 Å². The maximum atomic E-state index is 12.5. The van der Waals surface area contributed by atoms with Gasteiger partial charge in [0, 0.05) is 35.5 Å². The minimum atomic E-state index is -2.85. The molecule has 180 valence electrons. The molecule has 1 aliphatic heterocycles. The zero-order valence-corrected chi connectivity index (χ0v) is 20.4. The maximum Gasteiger partial charge on any atom is 0.387 e. The highest BCUT2D eigenvalue weighted by Gasteiger charge is 2.11. The fourth-order valence-electron chi connectivity index (χ4n) is 3.45. The Bertz CT molecular complexity index is 1140. The van der Waals surface area contributed by atoms with Gasteiger partial charge in [0.15, 0.2) is 0 Å². The number of nitrogens with zero attached hydrogens (tertiary/aromatic N) is 4. The van der Waals surface area contributed by atoms with Crippen LogP contribution >= 0.6 is 23.1 Å². The van der Waals surface area contributed by atoms with Crippen LogP contribution < -0.4 is 9.54 Å². The van der Waals surface area contributed by atoms with E-state index in [0.717, 1.165) is 54.5 Å². The van der Waals surface area contributed by atoms with E-state index in [1.165, 1.54) is 28.4 Å². The Morgan fingerprint density at radius 3 is 2.53 bits per heavy atom. The molecule has 6 nitrogen and oxygen atoms in total. The van der Waals surface area contributed by atoms with Gasteiger partial charge in [0.2, 0.25) is 4.80 Å². The third-order valence-corrected chi connectivity index (χ3v) is 6.86. The van der Waals surface area contributed by atoms with Gasteiger partial charge >= 0.3 is 6.61 Å². The lowest BCUT2D eigenvalue weighted by Gasteiger charge is -2.25. The lowest BCUT2D eigenvalue weighted by Crippen LogP contribution is -2.38. The summed E-state index contributed by atoms with van der Waals surface area (Å²) in [7, 11) is 0. The summed E-state index contributed by atoms with van der Waals surface area (Å²) in [6.07, 6.45) is 3.84. The van der Waals surface area contributed by atoms with E-state index in [0.29, 0.717) is 6.54 Å². The summed E-state index contributed by atoms with van der Waals surface area (Å²) < 4.78 is 36.7. The molecular weight excluding hydrogens is 478 g/mol. The van der Waals surface area contributed by atoms with Gasteiger partial charge in [-0.1, -0.05) is 12.1 Å². The first-order valence-corrected chi connectivity index (χ1v) is 13.0. The van der Waals surface area contributed by atoms with Crippen LogP contribution in [0.1, 0.15) is 5.56 Å². The number of ether oxygens (including phenoxy) is 2. The van der Waals surface area contributed by atoms with Gasteiger partial charge in [-0.25, -0.2) is 4.68 Å². The Morgan fingerprint density at radius 1 is 1.12 bits per heavy atom. The van der Waals surface area contributed by atoms with Crippen molar-refractivity contribution in [1.29, 1.82) is 0 Å². The fourth-order valence-corrected chi connectivity index (χ4v) is 4.72. The highest BCUT2D eigenvalue weighted by atomic mass is 32.2. The average molecular weight is 505 g/mol. The molecule has 1 saturated heterocycles. The van der Waals surface area contributed by atoms with Crippen molar-refractivity contribution in [2.24, 2.45) is 10.1 Å². The Balaban J connectivity index is 1.60. The summed E-state index contributed by atoms with van der Waals surface area (Å²) in [5.74, 6) is 0.119. The van der Waals surface area contributed by atoms with Crippen LogP contribution in [-0.2, 0) is 4.74 Å². The number of alkyl halides is 2. The van der Waals surface area contributed by atoms with Gasteiger partial charge in [-0.3, -0.25) is 9.89 Å². The molecule has 0 unspecified atom stereocenters. The number of thioether (sulfide) groups is 1. The van der Waals surface area contributed by atoms with Crippen LogP contribution in [0.2, 0.25) is 0 Å². The van der Waals surface area contributed by atoms with Crippen LogP contribution in [0.4, 0.5) is 8.78 Å². The summed E-state index contributed by atoms with van der Waals surface area (Å²) >= 11 is 3.19. The summed E-state index contributed by atoms with van der Waals surface area (Å²) in [4.78, 5) is 9.10. The van der Waals surface area contributed by atoms with Crippen molar-refractivity contribution in [2.75, 3.05) is 45.6 Å². The maximum absolute atomic E-state index is 12.5. The zero-order valence-electron chi connectivity index (χ0n) is 18.8. The number of hydrogen-bond acceptors (Lipinski definition) is 7. The molecule has 2 heterocycles. The van der Waals surface area contributed by atoms with Gasteiger partial charge in [0.05, 0.1) is 31.7 Å². The van der Waals surface area contributed by atoms with Crippen LogP contribution in [-0.4, -0.2) is 68.1 Å². The van der Waals surface area contributed by atoms with E-state index in [1.54, 1.807) is 34.8 Å². The van der Waals surface area contributed by atoms with Gasteiger partial charge < -0.3 is 9.47 Å². The monoisotopic (exact) mass is 504 g/mol. The molecule has 0 radical (unpaired) electrons. The molecule has 1 aliphatic rings. The second kappa shape index (κ2) is 12.3. The van der Waals surface area contributed by atoms with E-state index in [2.05, 4.69) is 21.8 Å². The van der Waals surface area contributed by atoms with E-state index >= 15 is 0 Å². The normalized spacial score (nSPS) is 15.5. The van der Waals surface area contributed by atoms with E-state index in [1.807, 2.05) is 23.8 Å². The average Bonchev–Trinajstić information content (AvgIpc) is 3.26. The Labute approximate surface area is 205 Å². The molecule has 4 rings (SSSR count). The SMILES string of the molecule is CSc1ccc(/C=N\n2c(-c3ccc(OC(F)F)cc3)csc2=NCCN2CCOCC2)cc1. The van der Waals surface area contributed by atoms with Crippen molar-refractivity contribution >= 4 is 29.3 Å². The highest BCUT2D eigenvalue weighted by Crippen LogP contribution is 2.24. The van der Waals surface area contributed by atoms with Crippen molar-refractivity contribution in [3.05, 3.63) is 64.3 Å². The molecule has 3 aromatic rings. The molecule has 0 spiro atoms. The molecule has 0 atom stereocenters. The fraction of sp³-hybridized carbons (Fsp3) is 0.333. The second-order valence-corrected chi connectivity index (χ2v) is 9.19. The molecule has 34 heavy (non-hydrogen) atoms. The topological polar surface area (TPSA) is 51.3 Å². The number of hydrogen-bond donors (Lipinski definition) is 0. The largest absolute Gasteiger partial charge is 0.435 e. The Kier molecular flexibility index (Phi) is 8.86. The van der Waals surface area contributed by atoms with Crippen LogP contribution in [0.3, 0.4) is 0 Å². The van der Waals surface area contributed by atoms with Crippen molar-refractivity contribution in [2.45, 2.75) is 11.5 Å². The van der Waals surface area contributed by atoms with E-state index in [4.69, 9.17) is 14.8 Å². The lowest BCUT2D eigenvalue weighted by atomic mass is 10.2. The highest BCUT2D eigenvalue weighted by molar-refractivity contribution is 7.98. The van der Waals surface area contributed by atoms with Crippen molar-refractivity contribution in [3.63, 3.8) is 0 Å². The van der Waals surface area contributed by atoms with Crippen molar-refractivity contribution < 1.29 is 18.3 Å². The third kappa shape index (κ3) is 6.75. The molecule has 0 saturated carbocycles. The number of aromatic nitrogens is 1. The van der Waals surface area contributed by atoms with Crippen molar-refractivity contribution in [3.8, 4) is 17.0 Å². The number of rotatable bonds is 9. The molecule has 10 heteroatoms. The second-order valence-electron chi connectivity index (χ2n) is 7.47. The molecule has 0 bridgehead atoms. The molecule has 0 N–H and O–H groups in total. The Morgan fingerprint density at radius 2 is 1.85 bits per heavy atom. The molecular formula is C24H26F2N4O2S2. The molecule has 2 aromatic carbocycles. The van der Waals surface area contributed by atoms with E-state index in [-0.39, 0.29) is 5.75 Å². The smallest absolute Gasteiger partial charge is 0.387 e. The molecule has 0 amide bonds. The summed E-state index contributed by atoms with van der Waals surface area (Å²) in [6.45, 7) is 2.01. The Hall–Kier alpha value is -2.53. The molecule has 0 aliphatic carbocycles. The van der Waals surface area contributed by atoms with Gasteiger partial charge in [-0.2, -0.15) is 13.9 Å². The number of benzene rings is 2. The van der Waals surface area contributed by atoms with Gasteiger partial charge in [0.1, 0.15) is 5.75 Å². The quantitative estimate of drug-likeness (QED) is 0.314. The minimum Gasteiger partial charge on any atom is -0.435 e. The van der Waals surface area contributed by atoms with Crippen molar-refractivity contribution in [1.82, 2.24) is 9.58 Å². The van der Waals surface area contributed by atoms with Crippen LogP contribution in [0, 0.1) is 0 Å². The first-order valence-electron chi connectivity index (χ1n) is 10.9. The molecule has 1 aromatic heterocycles. The predicted molar refractivity (Wildman–Crippen MR) is 133 cm³/mol. The van der Waals surface area contributed by atoms with Crippen LogP contribution in [0.15, 0.2) is 68.9 Å². The first kappa shape index (κ1) is 24.6. The van der Waals surface area contributed by atoms with Gasteiger partial charge in [-0.15, -0.1) is 23.1 Å². The predicted octanol–water partition coefficient (Wildman–Crippen LogP) is 4.66. The van der Waals surface area contributed by atoms with Crippen LogP contribution in [0.25, 0.3) is 11.3 Å². The minimum absolute atomic E-state index is 0.119. The van der Waals surface area contributed by atoms with Gasteiger partial charge in [0.25, 0.3) is 0 Å². The molecule has 1 fully saturated rings.